The molecule has 17 heavy (non-hydrogen) atoms. The molecule has 0 amide bonds. The molecule has 3 heteroatoms. The van der Waals surface area contributed by atoms with Crippen LogP contribution < -0.4 is 5.32 Å². The van der Waals surface area contributed by atoms with E-state index in [4.69, 9.17) is 6.42 Å². The average molecular weight is 252 g/mol. The molecule has 1 aliphatic heterocycles. The molecule has 0 aromatic rings. The smallest absolute Gasteiger partial charge is 0.0598 e. The number of nitrogens with one attached hydrogen (secondary N) is 1. The topological polar surface area (TPSA) is 15.3 Å². The second kappa shape index (κ2) is 6.68. The second-order valence-corrected chi connectivity index (χ2v) is 6.31. The van der Waals surface area contributed by atoms with Crippen LogP contribution in [0.5, 0.6) is 0 Å². The molecule has 1 heterocycles. The molecular formula is C14H24N2S. The minimum atomic E-state index is 0.724. The van der Waals surface area contributed by atoms with Crippen LogP contribution >= 0.6 is 11.8 Å². The molecule has 0 aromatic heterocycles. The molecule has 2 unspecified atom stereocenters. The van der Waals surface area contributed by atoms with Gasteiger partial charge in [-0.2, -0.15) is 11.8 Å². The van der Waals surface area contributed by atoms with Gasteiger partial charge < -0.3 is 5.32 Å². The van der Waals surface area contributed by atoms with Crippen molar-refractivity contribution in [3.05, 3.63) is 0 Å². The van der Waals surface area contributed by atoms with E-state index in [1.807, 2.05) is 11.8 Å². The number of hydrogen-bond donors (Lipinski definition) is 1. The predicted molar refractivity (Wildman–Crippen MR) is 76.4 cm³/mol. The Bertz CT molecular complexity index is 266. The maximum absolute atomic E-state index is 5.35. The third kappa shape index (κ3) is 3.64. The molecular weight excluding hydrogens is 228 g/mol. The Hall–Kier alpha value is -0.170. The molecule has 1 saturated heterocycles. The summed E-state index contributed by atoms with van der Waals surface area (Å²) in [5.41, 5.74) is 0. The largest absolute Gasteiger partial charge is 0.310 e. The number of nitrogens with zero attached hydrogens (tertiary/aromatic N) is 1. The van der Waals surface area contributed by atoms with Gasteiger partial charge in [-0.3, -0.25) is 4.90 Å². The summed E-state index contributed by atoms with van der Waals surface area (Å²) in [6, 6.07) is 1.48. The molecule has 0 bridgehead atoms. The van der Waals surface area contributed by atoms with Crippen LogP contribution in [0.4, 0.5) is 0 Å². The third-order valence-electron chi connectivity index (χ3n) is 4.11. The zero-order chi connectivity index (χ0) is 12.1. The van der Waals surface area contributed by atoms with Crippen molar-refractivity contribution in [2.75, 3.05) is 25.9 Å². The third-order valence-corrected chi connectivity index (χ3v) is 5.28. The lowest BCUT2D eigenvalue weighted by Crippen LogP contribution is -2.47. The van der Waals surface area contributed by atoms with Crippen LogP contribution in [0, 0.1) is 12.3 Å². The first-order chi connectivity index (χ1) is 8.33. The summed E-state index contributed by atoms with van der Waals surface area (Å²) in [5, 5.41) is 4.73. The van der Waals surface area contributed by atoms with Crippen LogP contribution in [0.15, 0.2) is 0 Å². The monoisotopic (exact) mass is 252 g/mol. The van der Waals surface area contributed by atoms with Crippen LogP contribution in [-0.4, -0.2) is 48.1 Å². The normalized spacial score (nSPS) is 31.5. The minimum Gasteiger partial charge on any atom is -0.310 e. The number of piperidine rings is 1. The molecule has 2 aliphatic rings. The summed E-state index contributed by atoms with van der Waals surface area (Å²) in [6.07, 6.45) is 14.3. The fraction of sp³-hybridized carbons (Fsp3) is 0.857. The van der Waals surface area contributed by atoms with E-state index in [0.717, 1.165) is 23.9 Å². The van der Waals surface area contributed by atoms with E-state index < -0.39 is 0 Å². The summed E-state index contributed by atoms with van der Waals surface area (Å²) < 4.78 is 0. The van der Waals surface area contributed by atoms with Gasteiger partial charge in [-0.25, -0.2) is 0 Å². The molecule has 96 valence electrons. The van der Waals surface area contributed by atoms with E-state index in [1.165, 1.54) is 45.2 Å². The average Bonchev–Trinajstić information content (AvgIpc) is 2.79. The fourth-order valence-electron chi connectivity index (χ4n) is 3.09. The van der Waals surface area contributed by atoms with Crippen molar-refractivity contribution in [2.45, 2.75) is 49.4 Å². The number of thioether (sulfide) groups is 1. The van der Waals surface area contributed by atoms with Gasteiger partial charge in [-0.15, -0.1) is 6.42 Å². The van der Waals surface area contributed by atoms with Crippen molar-refractivity contribution in [1.29, 1.82) is 0 Å². The summed E-state index contributed by atoms with van der Waals surface area (Å²) in [6.45, 7) is 3.15. The van der Waals surface area contributed by atoms with E-state index >= 15 is 0 Å². The summed E-state index contributed by atoms with van der Waals surface area (Å²) in [4.78, 5) is 2.39. The number of likely N-dealkylation sites (tertiary alicyclic amines) is 1. The van der Waals surface area contributed by atoms with Gasteiger partial charge in [0.25, 0.3) is 0 Å². The molecule has 2 fully saturated rings. The van der Waals surface area contributed by atoms with Crippen molar-refractivity contribution < 1.29 is 0 Å². The van der Waals surface area contributed by atoms with Gasteiger partial charge in [-0.05, 0) is 31.9 Å². The first-order valence-electron chi connectivity index (χ1n) is 6.78. The van der Waals surface area contributed by atoms with Gasteiger partial charge >= 0.3 is 0 Å². The maximum atomic E-state index is 5.35. The molecule has 2 nitrogen and oxygen atoms in total. The Kier molecular flexibility index (Phi) is 5.21. The van der Waals surface area contributed by atoms with Gasteiger partial charge in [0.1, 0.15) is 0 Å². The van der Waals surface area contributed by atoms with Crippen LogP contribution in [0.25, 0.3) is 0 Å². The molecule has 0 radical (unpaired) electrons. The van der Waals surface area contributed by atoms with Crippen molar-refractivity contribution in [3.8, 4) is 12.3 Å². The minimum absolute atomic E-state index is 0.724. The first kappa shape index (κ1) is 13.3. The molecule has 2 rings (SSSR count). The first-order valence-corrected chi connectivity index (χ1v) is 8.07. The molecule has 0 spiro atoms. The molecule has 1 aliphatic carbocycles. The zero-order valence-electron chi connectivity index (χ0n) is 10.8. The SMILES string of the molecule is C#CCN1CCC(NC2CCCC2SC)CC1. The zero-order valence-corrected chi connectivity index (χ0v) is 11.6. The lowest BCUT2D eigenvalue weighted by Gasteiger charge is -2.34. The van der Waals surface area contributed by atoms with Crippen LogP contribution in [0.3, 0.4) is 0 Å². The van der Waals surface area contributed by atoms with Gasteiger partial charge in [-0.1, -0.05) is 12.3 Å². The van der Waals surface area contributed by atoms with Gasteiger partial charge in [0, 0.05) is 30.4 Å². The van der Waals surface area contributed by atoms with Gasteiger partial charge in [0.2, 0.25) is 0 Å². The van der Waals surface area contributed by atoms with Crippen LogP contribution in [0.2, 0.25) is 0 Å². The van der Waals surface area contributed by atoms with Crippen molar-refractivity contribution in [3.63, 3.8) is 0 Å². The highest BCUT2D eigenvalue weighted by Crippen LogP contribution is 2.29. The van der Waals surface area contributed by atoms with Crippen molar-refractivity contribution in [1.82, 2.24) is 10.2 Å². The molecule has 1 saturated carbocycles. The van der Waals surface area contributed by atoms with Crippen molar-refractivity contribution >= 4 is 11.8 Å². The molecule has 1 N–H and O–H groups in total. The van der Waals surface area contributed by atoms with Gasteiger partial charge in [0.05, 0.1) is 6.54 Å². The number of rotatable bonds is 4. The molecule has 0 aromatic carbocycles. The highest BCUT2D eigenvalue weighted by molar-refractivity contribution is 7.99. The van der Waals surface area contributed by atoms with Crippen LogP contribution in [-0.2, 0) is 0 Å². The van der Waals surface area contributed by atoms with Gasteiger partial charge in [0.15, 0.2) is 0 Å². The Morgan fingerprint density at radius 3 is 2.71 bits per heavy atom. The quantitative estimate of drug-likeness (QED) is 0.770. The van der Waals surface area contributed by atoms with E-state index in [2.05, 4.69) is 22.4 Å². The lowest BCUT2D eigenvalue weighted by molar-refractivity contribution is 0.210. The standard InChI is InChI=1S/C14H24N2S/c1-3-9-16-10-7-12(8-11-16)15-13-5-4-6-14(13)17-2/h1,12-15H,4-11H2,2H3. The number of hydrogen-bond acceptors (Lipinski definition) is 3. The van der Waals surface area contributed by atoms with E-state index in [9.17, 15) is 0 Å². The lowest BCUT2D eigenvalue weighted by atomic mass is 10.0. The Morgan fingerprint density at radius 2 is 2.06 bits per heavy atom. The Labute approximate surface area is 110 Å². The predicted octanol–water partition coefficient (Wildman–Crippen LogP) is 1.96. The van der Waals surface area contributed by atoms with E-state index in [-0.39, 0.29) is 0 Å². The van der Waals surface area contributed by atoms with Crippen molar-refractivity contribution in [2.24, 2.45) is 0 Å². The Balaban J connectivity index is 1.72. The second-order valence-electron chi connectivity index (χ2n) is 5.23. The number of terminal acetylenes is 1. The van der Waals surface area contributed by atoms with E-state index in [1.54, 1.807) is 0 Å². The highest BCUT2D eigenvalue weighted by Gasteiger charge is 2.29. The van der Waals surface area contributed by atoms with Crippen LogP contribution in [0.1, 0.15) is 32.1 Å². The molecule has 2 atom stereocenters. The van der Waals surface area contributed by atoms with E-state index in [0.29, 0.717) is 0 Å². The maximum Gasteiger partial charge on any atom is 0.0598 e. The fourth-order valence-corrected chi connectivity index (χ4v) is 4.03. The summed E-state index contributed by atoms with van der Waals surface area (Å²) in [7, 11) is 0. The Morgan fingerprint density at radius 1 is 1.29 bits per heavy atom. The summed E-state index contributed by atoms with van der Waals surface area (Å²) in [5.74, 6) is 2.74. The summed E-state index contributed by atoms with van der Waals surface area (Å²) >= 11 is 2.04. The highest BCUT2D eigenvalue weighted by atomic mass is 32.2.